The third kappa shape index (κ3) is 2.23. The summed E-state index contributed by atoms with van der Waals surface area (Å²) >= 11 is 6.14. The monoisotopic (exact) mass is 172 g/mol. The van der Waals surface area contributed by atoms with Gasteiger partial charge in [0.15, 0.2) is 0 Å². The molecule has 0 amide bonds. The van der Waals surface area contributed by atoms with E-state index >= 15 is 0 Å². The summed E-state index contributed by atoms with van der Waals surface area (Å²) < 4.78 is 0. The van der Waals surface area contributed by atoms with Gasteiger partial charge in [-0.2, -0.15) is 0 Å². The third-order valence-electron chi connectivity index (χ3n) is 2.69. The maximum atomic E-state index is 6.14. The maximum Gasteiger partial charge on any atom is 0.0545 e. The molecule has 0 aromatic heterocycles. The Morgan fingerprint density at radius 3 is 2.64 bits per heavy atom. The van der Waals surface area contributed by atoms with Crippen LogP contribution in [-0.2, 0) is 0 Å². The molecule has 0 saturated heterocycles. The van der Waals surface area contributed by atoms with Crippen molar-refractivity contribution in [1.29, 1.82) is 0 Å². The van der Waals surface area contributed by atoms with Crippen LogP contribution in [0.4, 0.5) is 0 Å². The Bertz CT molecular complexity index is 158. The van der Waals surface area contributed by atoms with E-state index in [9.17, 15) is 0 Å². The van der Waals surface area contributed by atoms with Crippen LogP contribution in [0, 0.1) is 11.8 Å². The first-order chi connectivity index (χ1) is 5.11. The van der Waals surface area contributed by atoms with Crippen molar-refractivity contribution in [1.82, 2.24) is 0 Å². The molecule has 0 spiro atoms. The molecule has 0 N–H and O–H groups in total. The zero-order chi connectivity index (χ0) is 8.43. The van der Waals surface area contributed by atoms with E-state index in [0.29, 0.717) is 5.38 Å². The predicted molar refractivity (Wildman–Crippen MR) is 51.0 cm³/mol. The van der Waals surface area contributed by atoms with Gasteiger partial charge in [-0.1, -0.05) is 25.5 Å². The summed E-state index contributed by atoms with van der Waals surface area (Å²) in [5.41, 5.74) is 1.36. The van der Waals surface area contributed by atoms with Crippen molar-refractivity contribution >= 4 is 11.6 Å². The van der Waals surface area contributed by atoms with Crippen LogP contribution < -0.4 is 0 Å². The van der Waals surface area contributed by atoms with Crippen molar-refractivity contribution in [2.75, 3.05) is 0 Å². The van der Waals surface area contributed by atoms with Gasteiger partial charge in [0, 0.05) is 0 Å². The number of allylic oxidation sites excluding steroid dienone is 2. The molecule has 64 valence electrons. The van der Waals surface area contributed by atoms with E-state index in [1.54, 1.807) is 0 Å². The Kier molecular flexibility index (Phi) is 3.00. The van der Waals surface area contributed by atoms with Gasteiger partial charge < -0.3 is 0 Å². The van der Waals surface area contributed by atoms with Crippen LogP contribution in [0.1, 0.15) is 33.6 Å². The molecule has 0 aromatic rings. The molecule has 0 bridgehead atoms. The fourth-order valence-corrected chi connectivity index (χ4v) is 1.88. The molecule has 0 aromatic carbocycles. The summed E-state index contributed by atoms with van der Waals surface area (Å²) in [5, 5.41) is 0.302. The minimum absolute atomic E-state index is 0.302. The number of hydrogen-bond donors (Lipinski definition) is 0. The van der Waals surface area contributed by atoms with Crippen molar-refractivity contribution in [2.45, 2.75) is 39.0 Å². The highest BCUT2D eigenvalue weighted by atomic mass is 35.5. The van der Waals surface area contributed by atoms with Gasteiger partial charge >= 0.3 is 0 Å². The Balaban J connectivity index is 2.55. The van der Waals surface area contributed by atoms with Crippen molar-refractivity contribution in [3.8, 4) is 0 Å². The minimum Gasteiger partial charge on any atom is -0.118 e. The summed E-state index contributed by atoms with van der Waals surface area (Å²) in [7, 11) is 0. The molecule has 0 heterocycles. The second-order valence-corrected chi connectivity index (χ2v) is 4.42. The van der Waals surface area contributed by atoms with Crippen molar-refractivity contribution < 1.29 is 0 Å². The average molecular weight is 173 g/mol. The van der Waals surface area contributed by atoms with Gasteiger partial charge in [0.2, 0.25) is 0 Å². The summed E-state index contributed by atoms with van der Waals surface area (Å²) in [6, 6.07) is 0. The van der Waals surface area contributed by atoms with Crippen LogP contribution >= 0.6 is 11.6 Å². The van der Waals surface area contributed by atoms with Gasteiger partial charge in [0.05, 0.1) is 5.38 Å². The molecule has 0 radical (unpaired) electrons. The molecule has 0 fully saturated rings. The topological polar surface area (TPSA) is 0 Å². The van der Waals surface area contributed by atoms with Crippen LogP contribution in [-0.4, -0.2) is 5.38 Å². The predicted octanol–water partition coefficient (Wildman–Crippen LogP) is 3.61. The van der Waals surface area contributed by atoms with Gasteiger partial charge in [-0.3, -0.25) is 0 Å². The lowest BCUT2D eigenvalue weighted by atomic mass is 9.82. The highest BCUT2D eigenvalue weighted by Crippen LogP contribution is 2.31. The van der Waals surface area contributed by atoms with Crippen molar-refractivity contribution in [3.63, 3.8) is 0 Å². The van der Waals surface area contributed by atoms with E-state index in [2.05, 4.69) is 26.8 Å². The van der Waals surface area contributed by atoms with Crippen LogP contribution in [0.3, 0.4) is 0 Å². The summed E-state index contributed by atoms with van der Waals surface area (Å²) in [6.07, 6.45) is 4.69. The molecule has 1 aliphatic carbocycles. The molecule has 0 nitrogen and oxygen atoms in total. The Labute approximate surface area is 74.6 Å². The number of rotatable bonds is 1. The molecular weight excluding hydrogens is 156 g/mol. The van der Waals surface area contributed by atoms with E-state index in [0.717, 1.165) is 11.8 Å². The molecule has 0 aliphatic heterocycles. The van der Waals surface area contributed by atoms with Gasteiger partial charge in [-0.15, -0.1) is 11.6 Å². The maximum absolute atomic E-state index is 6.14. The van der Waals surface area contributed by atoms with E-state index in [-0.39, 0.29) is 0 Å². The van der Waals surface area contributed by atoms with Crippen molar-refractivity contribution in [3.05, 3.63) is 11.6 Å². The molecule has 1 heteroatoms. The molecule has 1 rings (SSSR count). The lowest BCUT2D eigenvalue weighted by Gasteiger charge is -2.27. The normalized spacial score (nSPS) is 32.3. The molecule has 11 heavy (non-hydrogen) atoms. The van der Waals surface area contributed by atoms with E-state index in [1.807, 2.05) is 0 Å². The Hall–Kier alpha value is 0.0300. The first kappa shape index (κ1) is 9.12. The smallest absolute Gasteiger partial charge is 0.0545 e. The number of hydrogen-bond acceptors (Lipinski definition) is 0. The Morgan fingerprint density at radius 2 is 2.18 bits per heavy atom. The van der Waals surface area contributed by atoms with Crippen LogP contribution in [0.15, 0.2) is 11.6 Å². The van der Waals surface area contributed by atoms with Crippen LogP contribution in [0.2, 0.25) is 0 Å². The van der Waals surface area contributed by atoms with E-state index in [4.69, 9.17) is 11.6 Å². The highest BCUT2D eigenvalue weighted by Gasteiger charge is 2.21. The van der Waals surface area contributed by atoms with E-state index in [1.165, 1.54) is 18.4 Å². The minimum atomic E-state index is 0.302. The quantitative estimate of drug-likeness (QED) is 0.419. The average Bonchev–Trinajstić information content (AvgIpc) is 1.94. The first-order valence-corrected chi connectivity index (χ1v) is 4.85. The second-order valence-electron chi connectivity index (χ2n) is 3.89. The zero-order valence-corrected chi connectivity index (χ0v) is 8.36. The van der Waals surface area contributed by atoms with Crippen LogP contribution in [0.5, 0.6) is 0 Å². The van der Waals surface area contributed by atoms with Gasteiger partial charge in [-0.25, -0.2) is 0 Å². The van der Waals surface area contributed by atoms with Crippen molar-refractivity contribution in [2.24, 2.45) is 11.8 Å². The molecule has 2 atom stereocenters. The summed E-state index contributed by atoms with van der Waals surface area (Å²) in [4.78, 5) is 0. The SMILES string of the molecule is CC1=CCC(C(C)C)CC1Cl. The van der Waals surface area contributed by atoms with Gasteiger partial charge in [0.1, 0.15) is 0 Å². The lowest BCUT2D eigenvalue weighted by molar-refractivity contribution is 0.353. The standard InChI is InChI=1S/C10H17Cl/c1-7(2)9-5-4-8(3)10(11)6-9/h4,7,9-10H,5-6H2,1-3H3. The molecule has 2 unspecified atom stereocenters. The zero-order valence-electron chi connectivity index (χ0n) is 7.60. The fraction of sp³-hybridized carbons (Fsp3) is 0.800. The second kappa shape index (κ2) is 3.62. The largest absolute Gasteiger partial charge is 0.118 e. The molecule has 0 saturated carbocycles. The van der Waals surface area contributed by atoms with Crippen LogP contribution in [0.25, 0.3) is 0 Å². The third-order valence-corrected chi connectivity index (χ3v) is 3.21. The lowest BCUT2D eigenvalue weighted by Crippen LogP contribution is -2.18. The first-order valence-electron chi connectivity index (χ1n) is 4.42. The molecule has 1 aliphatic rings. The number of alkyl halides is 1. The fourth-order valence-electron chi connectivity index (χ4n) is 1.56. The summed E-state index contributed by atoms with van der Waals surface area (Å²) in [5.74, 6) is 1.58. The van der Waals surface area contributed by atoms with Gasteiger partial charge in [0.25, 0.3) is 0 Å². The highest BCUT2D eigenvalue weighted by molar-refractivity contribution is 6.22. The Morgan fingerprint density at radius 1 is 1.55 bits per heavy atom. The molecular formula is C10H17Cl. The van der Waals surface area contributed by atoms with Gasteiger partial charge in [-0.05, 0) is 31.6 Å². The number of halogens is 1. The van der Waals surface area contributed by atoms with E-state index < -0.39 is 0 Å². The summed E-state index contributed by atoms with van der Waals surface area (Å²) in [6.45, 7) is 6.69.